The number of hydrogen-bond donors (Lipinski definition) is 3. The van der Waals surface area contributed by atoms with Crippen LogP contribution in [0.15, 0.2) is 29.2 Å². The molecule has 7 nitrogen and oxygen atoms in total. The van der Waals surface area contributed by atoms with Gasteiger partial charge in [0.25, 0.3) is 5.91 Å². The zero-order valence-corrected chi connectivity index (χ0v) is 20.5. The van der Waals surface area contributed by atoms with Crippen molar-refractivity contribution >= 4 is 21.7 Å². The van der Waals surface area contributed by atoms with Crippen molar-refractivity contribution in [2.75, 3.05) is 19.6 Å². The second kappa shape index (κ2) is 11.9. The normalized spacial score (nSPS) is 19.5. The fraction of sp³-hybridized carbons (Fsp3) is 0.667. The second-order valence-corrected chi connectivity index (χ2v) is 11.6. The van der Waals surface area contributed by atoms with E-state index in [1.54, 1.807) is 0 Å². The Kier molecular flexibility index (Phi) is 9.85. The van der Waals surface area contributed by atoms with Gasteiger partial charge in [-0.3, -0.25) is 9.59 Å². The molecule has 32 heavy (non-hydrogen) atoms. The van der Waals surface area contributed by atoms with Crippen LogP contribution in [0.2, 0.25) is 0 Å². The fourth-order valence-electron chi connectivity index (χ4n) is 4.10. The number of sulfonamides is 1. The molecular formula is C24H39N3O4S. The van der Waals surface area contributed by atoms with Crippen molar-refractivity contribution in [3.8, 4) is 0 Å². The second-order valence-electron chi connectivity index (χ2n) is 9.81. The Bertz CT molecular complexity index is 852. The maximum Gasteiger partial charge on any atom is 0.251 e. The summed E-state index contributed by atoms with van der Waals surface area (Å²) in [5.74, 6) is 0.619. The standard InChI is InChI=1S/C24H39N3O4S/c1-24(2,3)22(28)19-9-7-18(8-10-19)17-26-23(29)20-11-13-21(14-12-20)32(30,31)27-16-6-4-5-15-25/h11-14,18-19,27H,4-10,15-17,25H2,1-3H3,(H,26,29). The minimum absolute atomic E-state index is 0.130. The molecule has 0 aromatic heterocycles. The number of carbonyl (C=O) groups is 2. The topological polar surface area (TPSA) is 118 Å². The number of hydrogen-bond acceptors (Lipinski definition) is 5. The number of benzene rings is 1. The van der Waals surface area contributed by atoms with Gasteiger partial charge < -0.3 is 11.1 Å². The van der Waals surface area contributed by atoms with E-state index in [1.165, 1.54) is 24.3 Å². The third kappa shape index (κ3) is 7.98. The van der Waals surface area contributed by atoms with Crippen LogP contribution in [0.25, 0.3) is 0 Å². The highest BCUT2D eigenvalue weighted by Gasteiger charge is 2.32. The number of ketones is 1. The van der Waals surface area contributed by atoms with Crippen LogP contribution in [-0.4, -0.2) is 39.7 Å². The lowest BCUT2D eigenvalue weighted by molar-refractivity contribution is -0.131. The number of amides is 1. The summed E-state index contributed by atoms with van der Waals surface area (Å²) in [4.78, 5) is 25.1. The quantitative estimate of drug-likeness (QED) is 0.434. The monoisotopic (exact) mass is 465 g/mol. The summed E-state index contributed by atoms with van der Waals surface area (Å²) in [7, 11) is -3.58. The molecule has 1 aromatic rings. The number of nitrogens with one attached hydrogen (secondary N) is 2. The predicted molar refractivity (Wildman–Crippen MR) is 127 cm³/mol. The zero-order chi connectivity index (χ0) is 23.8. The molecule has 0 radical (unpaired) electrons. The summed E-state index contributed by atoms with van der Waals surface area (Å²) in [5.41, 5.74) is 5.57. The molecule has 0 aliphatic heterocycles. The Balaban J connectivity index is 1.79. The molecule has 4 N–H and O–H groups in total. The number of Topliss-reactive ketones (excluding diaryl/α,β-unsaturated/α-hetero) is 1. The Hall–Kier alpha value is -1.77. The van der Waals surface area contributed by atoms with Crippen molar-refractivity contribution in [1.82, 2.24) is 10.0 Å². The molecule has 180 valence electrons. The third-order valence-corrected chi connectivity index (χ3v) is 7.58. The molecule has 0 heterocycles. The maximum atomic E-state index is 12.5. The Morgan fingerprint density at radius 2 is 1.62 bits per heavy atom. The molecular weight excluding hydrogens is 426 g/mol. The molecule has 0 spiro atoms. The van der Waals surface area contributed by atoms with Crippen molar-refractivity contribution in [3.63, 3.8) is 0 Å². The van der Waals surface area contributed by atoms with Crippen molar-refractivity contribution in [1.29, 1.82) is 0 Å². The Morgan fingerprint density at radius 1 is 1.00 bits per heavy atom. The van der Waals surface area contributed by atoms with Crippen LogP contribution in [0, 0.1) is 17.3 Å². The van der Waals surface area contributed by atoms with Gasteiger partial charge in [-0.1, -0.05) is 27.2 Å². The van der Waals surface area contributed by atoms with Gasteiger partial charge in [0, 0.05) is 30.0 Å². The van der Waals surface area contributed by atoms with E-state index in [1.807, 2.05) is 20.8 Å². The molecule has 1 aromatic carbocycles. The van der Waals surface area contributed by atoms with E-state index in [0.717, 1.165) is 44.9 Å². The first-order valence-corrected chi connectivity index (χ1v) is 13.1. The van der Waals surface area contributed by atoms with Gasteiger partial charge in [-0.05, 0) is 75.3 Å². The lowest BCUT2D eigenvalue weighted by Gasteiger charge is -2.31. The van der Waals surface area contributed by atoms with E-state index >= 15 is 0 Å². The summed E-state index contributed by atoms with van der Waals surface area (Å²) < 4.78 is 27.3. The van der Waals surface area contributed by atoms with Gasteiger partial charge in [0.15, 0.2) is 0 Å². The van der Waals surface area contributed by atoms with Gasteiger partial charge in [-0.2, -0.15) is 0 Å². The van der Waals surface area contributed by atoms with Crippen molar-refractivity contribution in [3.05, 3.63) is 29.8 Å². The molecule has 0 bridgehead atoms. The molecule has 1 saturated carbocycles. The smallest absolute Gasteiger partial charge is 0.251 e. The van der Waals surface area contributed by atoms with Gasteiger partial charge in [0.05, 0.1) is 4.90 Å². The summed E-state index contributed by atoms with van der Waals surface area (Å²) in [6, 6.07) is 6.00. The molecule has 0 saturated heterocycles. The minimum Gasteiger partial charge on any atom is -0.352 e. The van der Waals surface area contributed by atoms with Gasteiger partial charge >= 0.3 is 0 Å². The van der Waals surface area contributed by atoms with E-state index in [9.17, 15) is 18.0 Å². The number of unbranched alkanes of at least 4 members (excludes halogenated alkanes) is 2. The van der Waals surface area contributed by atoms with E-state index in [-0.39, 0.29) is 22.1 Å². The largest absolute Gasteiger partial charge is 0.352 e. The Morgan fingerprint density at radius 3 is 2.19 bits per heavy atom. The van der Waals surface area contributed by atoms with E-state index < -0.39 is 10.0 Å². The average molecular weight is 466 g/mol. The average Bonchev–Trinajstić information content (AvgIpc) is 2.76. The third-order valence-electron chi connectivity index (χ3n) is 6.11. The van der Waals surface area contributed by atoms with Crippen LogP contribution < -0.4 is 15.8 Å². The number of carbonyl (C=O) groups excluding carboxylic acids is 2. The predicted octanol–water partition coefficient (Wildman–Crippen LogP) is 3.25. The van der Waals surface area contributed by atoms with Gasteiger partial charge in [0.2, 0.25) is 10.0 Å². The van der Waals surface area contributed by atoms with Gasteiger partial charge in [0.1, 0.15) is 5.78 Å². The summed E-state index contributed by atoms with van der Waals surface area (Å²) in [6.45, 7) is 7.45. The highest BCUT2D eigenvalue weighted by molar-refractivity contribution is 7.89. The number of nitrogens with two attached hydrogens (primary N) is 1. The van der Waals surface area contributed by atoms with Crippen molar-refractivity contribution in [2.45, 2.75) is 70.6 Å². The summed E-state index contributed by atoms with van der Waals surface area (Å²) in [5, 5.41) is 2.96. The zero-order valence-electron chi connectivity index (χ0n) is 19.7. The lowest BCUT2D eigenvalue weighted by Crippen LogP contribution is -2.35. The van der Waals surface area contributed by atoms with E-state index in [0.29, 0.717) is 36.9 Å². The van der Waals surface area contributed by atoms with Crippen LogP contribution in [0.3, 0.4) is 0 Å². The molecule has 2 rings (SSSR count). The summed E-state index contributed by atoms with van der Waals surface area (Å²) >= 11 is 0. The molecule has 1 aliphatic rings. The van der Waals surface area contributed by atoms with Gasteiger partial charge in [-0.25, -0.2) is 13.1 Å². The first kappa shape index (κ1) is 26.5. The van der Waals surface area contributed by atoms with Crippen molar-refractivity contribution in [2.24, 2.45) is 23.0 Å². The van der Waals surface area contributed by atoms with Crippen LogP contribution in [0.5, 0.6) is 0 Å². The van der Waals surface area contributed by atoms with Crippen LogP contribution in [0.1, 0.15) is 76.1 Å². The first-order valence-electron chi connectivity index (χ1n) is 11.7. The highest BCUT2D eigenvalue weighted by Crippen LogP contribution is 2.33. The number of rotatable bonds is 11. The van der Waals surface area contributed by atoms with Crippen molar-refractivity contribution < 1.29 is 18.0 Å². The first-order chi connectivity index (χ1) is 15.0. The summed E-state index contributed by atoms with van der Waals surface area (Å²) in [6.07, 6.45) is 6.12. The molecule has 1 fully saturated rings. The molecule has 8 heteroatoms. The van der Waals surface area contributed by atoms with Crippen LogP contribution in [0.4, 0.5) is 0 Å². The minimum atomic E-state index is -3.58. The molecule has 1 amide bonds. The van der Waals surface area contributed by atoms with E-state index in [4.69, 9.17) is 5.73 Å². The highest BCUT2D eigenvalue weighted by atomic mass is 32.2. The Labute approximate surface area is 193 Å². The molecule has 0 unspecified atom stereocenters. The van der Waals surface area contributed by atoms with E-state index in [2.05, 4.69) is 10.0 Å². The molecule has 1 aliphatic carbocycles. The fourth-order valence-corrected chi connectivity index (χ4v) is 5.18. The maximum absolute atomic E-state index is 12.5. The van der Waals surface area contributed by atoms with Crippen LogP contribution in [-0.2, 0) is 14.8 Å². The SMILES string of the molecule is CC(C)(C)C(=O)C1CCC(CNC(=O)c2ccc(S(=O)(=O)NCCCCCN)cc2)CC1. The molecule has 0 atom stereocenters. The lowest BCUT2D eigenvalue weighted by atomic mass is 9.73. The van der Waals surface area contributed by atoms with Gasteiger partial charge in [-0.15, -0.1) is 0 Å². The van der Waals surface area contributed by atoms with Crippen LogP contribution >= 0.6 is 0 Å².